The third-order valence-corrected chi connectivity index (χ3v) is 3.89. The Morgan fingerprint density at radius 1 is 1.20 bits per heavy atom. The van der Waals surface area contributed by atoms with Gasteiger partial charge in [0.2, 0.25) is 0 Å². The molecule has 0 spiro atoms. The van der Waals surface area contributed by atoms with Crippen LogP contribution in [-0.2, 0) is 11.3 Å². The number of rotatable bonds is 8. The molecule has 2 aromatic carbocycles. The summed E-state index contributed by atoms with van der Waals surface area (Å²) in [5.74, 6) is 0.507. The summed E-state index contributed by atoms with van der Waals surface area (Å²) in [4.78, 5) is 23.6. The van der Waals surface area contributed by atoms with E-state index in [1.807, 2.05) is 19.1 Å². The van der Waals surface area contributed by atoms with Gasteiger partial charge in [-0.15, -0.1) is 0 Å². The van der Waals surface area contributed by atoms with Crippen molar-refractivity contribution in [2.45, 2.75) is 13.5 Å². The van der Waals surface area contributed by atoms with Crippen LogP contribution in [0, 0.1) is 10.1 Å². The molecule has 0 bridgehead atoms. The van der Waals surface area contributed by atoms with Crippen molar-refractivity contribution in [3.05, 3.63) is 64.2 Å². The molecule has 0 aliphatic carbocycles. The molecule has 0 saturated heterocycles. The van der Waals surface area contributed by atoms with Crippen molar-refractivity contribution in [3.8, 4) is 5.75 Å². The van der Waals surface area contributed by atoms with Crippen LogP contribution in [0.3, 0.4) is 0 Å². The zero-order valence-electron chi connectivity index (χ0n) is 14.3. The Bertz CT molecular complexity index is 731. The zero-order chi connectivity index (χ0) is 18.2. The molecule has 0 radical (unpaired) electrons. The Kier molecular flexibility index (Phi) is 6.47. The lowest BCUT2D eigenvalue weighted by molar-refractivity contribution is -0.903. The summed E-state index contributed by atoms with van der Waals surface area (Å²) >= 11 is 0. The highest BCUT2D eigenvalue weighted by atomic mass is 16.6. The maximum absolute atomic E-state index is 12.3. The van der Waals surface area contributed by atoms with Gasteiger partial charge in [-0.25, -0.2) is 0 Å². The minimum atomic E-state index is -0.422. The molecule has 132 valence electrons. The summed E-state index contributed by atoms with van der Waals surface area (Å²) in [5, 5.41) is 13.6. The van der Waals surface area contributed by atoms with Crippen molar-refractivity contribution < 1.29 is 19.4 Å². The van der Waals surface area contributed by atoms with Gasteiger partial charge in [-0.3, -0.25) is 14.9 Å². The fraction of sp³-hybridized carbons (Fsp3) is 0.278. The molecule has 1 unspecified atom stereocenters. The van der Waals surface area contributed by atoms with Gasteiger partial charge in [0.1, 0.15) is 12.3 Å². The van der Waals surface area contributed by atoms with E-state index in [0.717, 1.165) is 17.0 Å². The quantitative estimate of drug-likeness (QED) is 0.563. The molecule has 2 rings (SSSR count). The number of para-hydroxylation sites is 2. The Balaban J connectivity index is 1.96. The highest BCUT2D eigenvalue weighted by Crippen LogP contribution is 2.22. The van der Waals surface area contributed by atoms with Gasteiger partial charge in [0.25, 0.3) is 11.6 Å². The number of carbonyl (C=O) groups excluding carboxylic acids is 1. The molecule has 2 aromatic rings. The summed E-state index contributed by atoms with van der Waals surface area (Å²) in [6.07, 6.45) is 0. The predicted molar refractivity (Wildman–Crippen MR) is 94.8 cm³/mol. The van der Waals surface area contributed by atoms with Crippen LogP contribution in [0.2, 0.25) is 0 Å². The van der Waals surface area contributed by atoms with Crippen molar-refractivity contribution in [3.63, 3.8) is 0 Å². The number of nitro groups is 1. The minimum Gasteiger partial charge on any atom is -0.495 e. The fourth-order valence-corrected chi connectivity index (χ4v) is 2.51. The second kappa shape index (κ2) is 8.79. The Morgan fingerprint density at radius 2 is 1.88 bits per heavy atom. The molecule has 0 fully saturated rings. The van der Waals surface area contributed by atoms with Crippen molar-refractivity contribution in [1.82, 2.24) is 0 Å². The smallest absolute Gasteiger partial charge is 0.279 e. The predicted octanol–water partition coefficient (Wildman–Crippen LogP) is 1.65. The number of carbonyl (C=O) groups is 1. The van der Waals surface area contributed by atoms with Crippen molar-refractivity contribution >= 4 is 17.3 Å². The van der Waals surface area contributed by atoms with Gasteiger partial charge >= 0.3 is 0 Å². The van der Waals surface area contributed by atoms with E-state index < -0.39 is 4.92 Å². The molecule has 0 saturated carbocycles. The van der Waals surface area contributed by atoms with E-state index in [1.54, 1.807) is 31.4 Å². The molecule has 7 heteroatoms. The summed E-state index contributed by atoms with van der Waals surface area (Å²) in [6.45, 7) is 3.67. The molecular weight excluding hydrogens is 322 g/mol. The Hall–Kier alpha value is -2.93. The second-order valence-electron chi connectivity index (χ2n) is 5.63. The number of quaternary nitrogens is 1. The van der Waals surface area contributed by atoms with Crippen molar-refractivity contribution in [1.29, 1.82) is 0 Å². The number of amides is 1. The Morgan fingerprint density at radius 3 is 2.48 bits per heavy atom. The highest BCUT2D eigenvalue weighted by Gasteiger charge is 2.15. The lowest BCUT2D eigenvalue weighted by atomic mass is 10.2. The average molecular weight is 344 g/mol. The van der Waals surface area contributed by atoms with E-state index in [0.29, 0.717) is 24.5 Å². The first-order valence-electron chi connectivity index (χ1n) is 8.03. The molecule has 25 heavy (non-hydrogen) atoms. The van der Waals surface area contributed by atoms with Gasteiger partial charge in [0, 0.05) is 17.7 Å². The van der Waals surface area contributed by atoms with Gasteiger partial charge in [0.15, 0.2) is 6.54 Å². The second-order valence-corrected chi connectivity index (χ2v) is 5.63. The monoisotopic (exact) mass is 344 g/mol. The van der Waals surface area contributed by atoms with Gasteiger partial charge < -0.3 is 15.0 Å². The van der Waals surface area contributed by atoms with Gasteiger partial charge in [-0.05, 0) is 31.2 Å². The summed E-state index contributed by atoms with van der Waals surface area (Å²) < 4.78 is 5.23. The highest BCUT2D eigenvalue weighted by molar-refractivity contribution is 5.92. The average Bonchev–Trinajstić information content (AvgIpc) is 2.62. The van der Waals surface area contributed by atoms with Crippen LogP contribution in [0.15, 0.2) is 48.5 Å². The van der Waals surface area contributed by atoms with Crippen LogP contribution in [0.1, 0.15) is 12.5 Å². The maximum Gasteiger partial charge on any atom is 0.279 e. The summed E-state index contributed by atoms with van der Waals surface area (Å²) in [5.41, 5.74) is 1.66. The summed E-state index contributed by atoms with van der Waals surface area (Å²) in [6, 6.07) is 13.7. The lowest BCUT2D eigenvalue weighted by Crippen LogP contribution is -3.11. The van der Waals surface area contributed by atoms with E-state index >= 15 is 0 Å². The number of non-ortho nitro benzene ring substituents is 1. The first-order valence-corrected chi connectivity index (χ1v) is 8.03. The first kappa shape index (κ1) is 18.4. The number of nitrogens with zero attached hydrogens (tertiary/aromatic N) is 1. The number of hydrogen-bond donors (Lipinski definition) is 2. The lowest BCUT2D eigenvalue weighted by Gasteiger charge is -2.18. The molecule has 1 atom stereocenters. The third-order valence-electron chi connectivity index (χ3n) is 3.89. The van der Waals surface area contributed by atoms with Crippen LogP contribution in [0.25, 0.3) is 0 Å². The maximum atomic E-state index is 12.3. The van der Waals surface area contributed by atoms with Gasteiger partial charge in [0.05, 0.1) is 24.3 Å². The van der Waals surface area contributed by atoms with E-state index in [-0.39, 0.29) is 11.6 Å². The van der Waals surface area contributed by atoms with Crippen LogP contribution >= 0.6 is 0 Å². The van der Waals surface area contributed by atoms with Crippen LogP contribution < -0.4 is 15.0 Å². The molecule has 1 amide bonds. The van der Waals surface area contributed by atoms with Crippen LogP contribution in [-0.4, -0.2) is 31.0 Å². The van der Waals surface area contributed by atoms with Crippen LogP contribution in [0.4, 0.5) is 11.4 Å². The SMILES string of the molecule is CC[NH+](CC(=O)Nc1ccccc1OC)Cc1ccc([N+](=O)[O-])cc1. The fourth-order valence-electron chi connectivity index (χ4n) is 2.51. The molecule has 0 aliphatic heterocycles. The third kappa shape index (κ3) is 5.29. The molecule has 7 nitrogen and oxygen atoms in total. The standard InChI is InChI=1S/C18H21N3O4/c1-3-20(12-14-8-10-15(11-9-14)21(23)24)13-18(22)19-16-6-4-5-7-17(16)25-2/h4-11H,3,12-13H2,1-2H3,(H,19,22)/p+1. The Labute approximate surface area is 146 Å². The van der Waals surface area contributed by atoms with E-state index in [1.165, 1.54) is 12.1 Å². The molecular formula is C18H22N3O4+. The first-order chi connectivity index (χ1) is 12.0. The molecule has 0 heterocycles. The number of nitro benzene ring substituents is 1. The topological polar surface area (TPSA) is 85.9 Å². The number of benzene rings is 2. The van der Waals surface area contributed by atoms with Gasteiger partial charge in [-0.2, -0.15) is 0 Å². The van der Waals surface area contributed by atoms with Crippen molar-refractivity contribution in [2.75, 3.05) is 25.5 Å². The minimum absolute atomic E-state index is 0.0655. The van der Waals surface area contributed by atoms with E-state index in [9.17, 15) is 14.9 Å². The summed E-state index contributed by atoms with van der Waals surface area (Å²) in [7, 11) is 1.56. The van der Waals surface area contributed by atoms with E-state index in [4.69, 9.17) is 4.74 Å². The number of nitrogens with one attached hydrogen (secondary N) is 2. The number of ether oxygens (including phenoxy) is 1. The van der Waals surface area contributed by atoms with E-state index in [2.05, 4.69) is 5.32 Å². The molecule has 0 aliphatic rings. The largest absolute Gasteiger partial charge is 0.495 e. The molecule has 0 aromatic heterocycles. The number of anilines is 1. The van der Waals surface area contributed by atoms with Crippen molar-refractivity contribution in [2.24, 2.45) is 0 Å². The number of likely N-dealkylation sites (N-methyl/N-ethyl adjacent to an activating group) is 1. The van der Waals surface area contributed by atoms with Crippen LogP contribution in [0.5, 0.6) is 5.75 Å². The zero-order valence-corrected chi connectivity index (χ0v) is 14.3. The van der Waals surface area contributed by atoms with Gasteiger partial charge in [-0.1, -0.05) is 12.1 Å². The molecule has 2 N–H and O–H groups in total. The normalized spacial score (nSPS) is 11.6. The number of methoxy groups -OCH3 is 1. The number of hydrogen-bond acceptors (Lipinski definition) is 4.